The summed E-state index contributed by atoms with van der Waals surface area (Å²) in [5.74, 6) is 0. The highest BCUT2D eigenvalue weighted by Crippen LogP contribution is 1.98. The molecule has 0 fully saturated rings. The van der Waals surface area contributed by atoms with Gasteiger partial charge in [-0.2, -0.15) is 4.57 Å². The second-order valence-corrected chi connectivity index (χ2v) is 2.89. The Kier molecular flexibility index (Phi) is 6.51. The molecule has 0 bridgehead atoms. The van der Waals surface area contributed by atoms with Crippen molar-refractivity contribution >= 4 is 6.20 Å². The van der Waals surface area contributed by atoms with Crippen LogP contribution in [0.25, 0.3) is 6.20 Å². The summed E-state index contributed by atoms with van der Waals surface area (Å²) in [6.45, 7) is 5.97. The number of aromatic nitrogens is 1. The van der Waals surface area contributed by atoms with Crippen molar-refractivity contribution in [2.45, 2.75) is 26.2 Å². The molecule has 0 aliphatic heterocycles. The van der Waals surface area contributed by atoms with Crippen molar-refractivity contribution in [3.8, 4) is 0 Å². The van der Waals surface area contributed by atoms with E-state index in [2.05, 4.69) is 30.2 Å². The van der Waals surface area contributed by atoms with Crippen LogP contribution in [-0.4, -0.2) is 0 Å². The Balaban J connectivity index is 0.00000144. The first-order chi connectivity index (χ1) is 5.88. The van der Waals surface area contributed by atoms with Crippen molar-refractivity contribution in [2.24, 2.45) is 0 Å². The zero-order valence-electron chi connectivity index (χ0n) is 8.04. The first-order valence-electron chi connectivity index (χ1n) is 4.50. The fourth-order valence-electron chi connectivity index (χ4n) is 1.24. The van der Waals surface area contributed by atoms with Gasteiger partial charge in [0.1, 0.15) is 0 Å². The molecule has 0 aromatic carbocycles. The molecule has 1 aromatic rings. The van der Waals surface area contributed by atoms with Gasteiger partial charge in [-0.05, 0) is 13.0 Å². The second-order valence-electron chi connectivity index (χ2n) is 2.89. The van der Waals surface area contributed by atoms with Gasteiger partial charge in [0, 0.05) is 18.6 Å². The number of rotatable bonds is 4. The molecule has 0 saturated heterocycles. The summed E-state index contributed by atoms with van der Waals surface area (Å²) in [6, 6.07) is 6.25. The van der Waals surface area contributed by atoms with Crippen LogP contribution in [0, 0.1) is 0 Å². The van der Waals surface area contributed by atoms with Gasteiger partial charge in [-0.25, -0.2) is 0 Å². The zero-order valence-corrected chi connectivity index (χ0v) is 9.63. The van der Waals surface area contributed by atoms with Crippen LogP contribution >= 0.6 is 0 Å². The number of unbranched alkanes of at least 4 members (excludes halogenated alkanes) is 1. The monoisotopic (exact) mass is 241 g/mol. The van der Waals surface area contributed by atoms with Gasteiger partial charge in [0.25, 0.3) is 0 Å². The van der Waals surface area contributed by atoms with Crippen LogP contribution in [0.2, 0.25) is 0 Å². The van der Waals surface area contributed by atoms with E-state index < -0.39 is 0 Å². The largest absolute Gasteiger partial charge is 1.00 e. The number of halogens is 1. The third kappa shape index (κ3) is 3.73. The number of hydrogen-bond donors (Lipinski definition) is 0. The normalized spacial score (nSPS) is 9.00. The van der Waals surface area contributed by atoms with E-state index in [4.69, 9.17) is 0 Å². The van der Waals surface area contributed by atoms with Crippen molar-refractivity contribution in [1.82, 2.24) is 0 Å². The molecular formula is C11H16BrN. The maximum Gasteiger partial charge on any atom is 0.186 e. The lowest BCUT2D eigenvalue weighted by molar-refractivity contribution is -0.577. The first kappa shape index (κ1) is 12.4. The lowest BCUT2D eigenvalue weighted by atomic mass is 10.2. The van der Waals surface area contributed by atoms with E-state index in [1.54, 1.807) is 0 Å². The minimum Gasteiger partial charge on any atom is -1.00 e. The predicted molar refractivity (Wildman–Crippen MR) is 51.6 cm³/mol. The smallest absolute Gasteiger partial charge is 0.186 e. The Labute approximate surface area is 90.9 Å². The standard InChI is InChI=1S/C11H16N.BrH/c1-3-5-8-11-9-6-7-10-12(11)4-2;/h4,6-7,9-10H,2-3,5,8H2,1H3;1H/q+1;/p-1. The third-order valence-corrected chi connectivity index (χ3v) is 1.96. The van der Waals surface area contributed by atoms with Crippen molar-refractivity contribution < 1.29 is 21.5 Å². The topological polar surface area (TPSA) is 3.88 Å². The van der Waals surface area contributed by atoms with Gasteiger partial charge in [0.2, 0.25) is 0 Å². The quantitative estimate of drug-likeness (QED) is 0.622. The van der Waals surface area contributed by atoms with Crippen LogP contribution in [0.15, 0.2) is 31.0 Å². The molecule has 0 saturated carbocycles. The average Bonchev–Trinajstić information content (AvgIpc) is 2.15. The molecule has 0 N–H and O–H groups in total. The van der Waals surface area contributed by atoms with Crippen LogP contribution < -0.4 is 21.5 Å². The summed E-state index contributed by atoms with van der Waals surface area (Å²) >= 11 is 0. The molecule has 0 radical (unpaired) electrons. The Morgan fingerprint density at radius 3 is 2.85 bits per heavy atom. The minimum absolute atomic E-state index is 0. The van der Waals surface area contributed by atoms with Gasteiger partial charge >= 0.3 is 0 Å². The molecule has 0 unspecified atom stereocenters. The average molecular weight is 242 g/mol. The molecule has 13 heavy (non-hydrogen) atoms. The minimum atomic E-state index is 0. The maximum absolute atomic E-state index is 3.76. The number of hydrogen-bond acceptors (Lipinski definition) is 0. The van der Waals surface area contributed by atoms with E-state index in [9.17, 15) is 0 Å². The lowest BCUT2D eigenvalue weighted by Gasteiger charge is -1.96. The summed E-state index contributed by atoms with van der Waals surface area (Å²) in [6.07, 6.45) is 7.52. The fourth-order valence-corrected chi connectivity index (χ4v) is 1.24. The van der Waals surface area contributed by atoms with E-state index in [1.165, 1.54) is 18.5 Å². The summed E-state index contributed by atoms with van der Waals surface area (Å²) in [5.41, 5.74) is 1.34. The van der Waals surface area contributed by atoms with Crippen LogP contribution in [0.1, 0.15) is 25.5 Å². The third-order valence-electron chi connectivity index (χ3n) is 1.96. The van der Waals surface area contributed by atoms with E-state index in [-0.39, 0.29) is 17.0 Å². The molecule has 1 heterocycles. The fraction of sp³-hybridized carbons (Fsp3) is 0.364. The highest BCUT2D eigenvalue weighted by atomic mass is 79.9. The molecule has 72 valence electrons. The summed E-state index contributed by atoms with van der Waals surface area (Å²) in [4.78, 5) is 0. The molecule has 0 spiro atoms. The summed E-state index contributed by atoms with van der Waals surface area (Å²) < 4.78 is 2.08. The molecule has 0 aliphatic rings. The number of nitrogens with zero attached hydrogens (tertiary/aromatic N) is 1. The predicted octanol–water partition coefficient (Wildman–Crippen LogP) is -0.579. The Morgan fingerprint density at radius 2 is 2.23 bits per heavy atom. The van der Waals surface area contributed by atoms with Gasteiger partial charge in [0.05, 0.1) is 0 Å². The van der Waals surface area contributed by atoms with Crippen molar-refractivity contribution in [2.75, 3.05) is 0 Å². The van der Waals surface area contributed by atoms with Crippen LogP contribution in [-0.2, 0) is 6.42 Å². The van der Waals surface area contributed by atoms with Crippen LogP contribution in [0.5, 0.6) is 0 Å². The van der Waals surface area contributed by atoms with Gasteiger partial charge in [0.15, 0.2) is 18.1 Å². The van der Waals surface area contributed by atoms with Crippen molar-refractivity contribution in [3.05, 3.63) is 36.7 Å². The summed E-state index contributed by atoms with van der Waals surface area (Å²) in [7, 11) is 0. The molecule has 0 atom stereocenters. The van der Waals surface area contributed by atoms with E-state index >= 15 is 0 Å². The maximum atomic E-state index is 3.76. The lowest BCUT2D eigenvalue weighted by Crippen LogP contribution is -3.00. The van der Waals surface area contributed by atoms with Gasteiger partial charge in [-0.1, -0.05) is 19.4 Å². The first-order valence-corrected chi connectivity index (χ1v) is 4.50. The van der Waals surface area contributed by atoms with E-state index in [0.717, 1.165) is 6.42 Å². The molecule has 1 aromatic heterocycles. The zero-order chi connectivity index (χ0) is 8.81. The molecule has 2 heteroatoms. The van der Waals surface area contributed by atoms with Gasteiger partial charge in [-0.15, -0.1) is 0 Å². The molecule has 0 amide bonds. The second kappa shape index (κ2) is 6.84. The summed E-state index contributed by atoms with van der Waals surface area (Å²) in [5, 5.41) is 0. The van der Waals surface area contributed by atoms with Gasteiger partial charge < -0.3 is 17.0 Å². The Hall–Kier alpha value is -0.630. The Bertz CT molecular complexity index is 258. The SMILES string of the molecule is C=C[n+]1ccccc1CCCC.[Br-]. The highest BCUT2D eigenvalue weighted by Gasteiger charge is 2.03. The highest BCUT2D eigenvalue weighted by molar-refractivity contribution is 5.04. The molecular weight excluding hydrogens is 226 g/mol. The van der Waals surface area contributed by atoms with Crippen molar-refractivity contribution in [1.29, 1.82) is 0 Å². The van der Waals surface area contributed by atoms with Gasteiger partial charge in [-0.3, -0.25) is 0 Å². The van der Waals surface area contributed by atoms with E-state index in [1.807, 2.05) is 18.5 Å². The Morgan fingerprint density at radius 1 is 1.46 bits per heavy atom. The molecule has 1 nitrogen and oxygen atoms in total. The molecule has 0 aliphatic carbocycles. The number of aryl methyl sites for hydroxylation is 1. The van der Waals surface area contributed by atoms with Crippen LogP contribution in [0.4, 0.5) is 0 Å². The molecule has 1 rings (SSSR count). The number of pyridine rings is 1. The van der Waals surface area contributed by atoms with Crippen molar-refractivity contribution in [3.63, 3.8) is 0 Å². The van der Waals surface area contributed by atoms with E-state index in [0.29, 0.717) is 0 Å². The van der Waals surface area contributed by atoms with Crippen LogP contribution in [0.3, 0.4) is 0 Å².